The first-order chi connectivity index (χ1) is 6.13. The van der Waals surface area contributed by atoms with Crippen LogP contribution in [-0.2, 0) is 9.59 Å². The van der Waals surface area contributed by atoms with Gasteiger partial charge in [-0.2, -0.15) is 0 Å². The zero-order chi connectivity index (χ0) is 10.3. The van der Waals surface area contributed by atoms with E-state index in [-0.39, 0.29) is 11.1 Å². The molecule has 0 saturated carbocycles. The number of nitrogens with two attached hydrogens (primary N) is 1. The van der Waals surface area contributed by atoms with E-state index >= 15 is 0 Å². The molecule has 0 aliphatic carbocycles. The molecule has 0 radical (unpaired) electrons. The number of unbranched alkanes of at least 4 members (excludes halogenated alkanes) is 1. The Morgan fingerprint density at radius 3 is 2.38 bits per heavy atom. The highest BCUT2D eigenvalue weighted by atomic mass is 79.9. The van der Waals surface area contributed by atoms with Gasteiger partial charge in [0.15, 0.2) is 5.78 Å². The number of rotatable bonds is 7. The molecule has 1 unspecified atom stereocenters. The van der Waals surface area contributed by atoms with Gasteiger partial charge in [0.25, 0.3) is 0 Å². The largest absolute Gasteiger partial charge is 0.481 e. The van der Waals surface area contributed by atoms with Crippen molar-refractivity contribution in [2.24, 2.45) is 11.7 Å². The normalized spacial score (nSPS) is 12.5. The van der Waals surface area contributed by atoms with E-state index in [2.05, 4.69) is 15.9 Å². The summed E-state index contributed by atoms with van der Waals surface area (Å²) in [5.74, 6) is -2.18. The number of alkyl halides is 1. The van der Waals surface area contributed by atoms with Crippen molar-refractivity contribution in [2.45, 2.75) is 19.3 Å². The maximum atomic E-state index is 11.1. The van der Waals surface area contributed by atoms with E-state index in [0.29, 0.717) is 19.4 Å². The molecule has 0 rings (SSSR count). The van der Waals surface area contributed by atoms with Crippen molar-refractivity contribution in [3.8, 4) is 0 Å². The van der Waals surface area contributed by atoms with Gasteiger partial charge in [-0.1, -0.05) is 22.4 Å². The molecule has 1 atom stereocenters. The fourth-order valence-corrected chi connectivity index (χ4v) is 1.40. The van der Waals surface area contributed by atoms with Crippen LogP contribution in [0.2, 0.25) is 0 Å². The Balaban J connectivity index is 3.95. The van der Waals surface area contributed by atoms with E-state index in [4.69, 9.17) is 10.8 Å². The molecule has 0 heterocycles. The van der Waals surface area contributed by atoms with Crippen molar-refractivity contribution in [3.05, 3.63) is 0 Å². The van der Waals surface area contributed by atoms with Gasteiger partial charge in [-0.3, -0.25) is 9.59 Å². The minimum atomic E-state index is -1.04. The lowest BCUT2D eigenvalue weighted by Crippen LogP contribution is -2.24. The molecular weight excluding hydrogens is 238 g/mol. The van der Waals surface area contributed by atoms with Gasteiger partial charge < -0.3 is 10.8 Å². The predicted molar refractivity (Wildman–Crippen MR) is 52.8 cm³/mol. The highest BCUT2D eigenvalue weighted by Gasteiger charge is 2.23. The lowest BCUT2D eigenvalue weighted by molar-refractivity contribution is -0.145. The molecule has 13 heavy (non-hydrogen) atoms. The quantitative estimate of drug-likeness (QED) is 0.398. The zero-order valence-electron chi connectivity index (χ0n) is 7.33. The molecule has 0 saturated heterocycles. The molecule has 4 nitrogen and oxygen atoms in total. The number of carboxylic acid groups (broad SMARTS) is 1. The van der Waals surface area contributed by atoms with Crippen molar-refractivity contribution in [1.82, 2.24) is 0 Å². The van der Waals surface area contributed by atoms with Crippen LogP contribution in [-0.4, -0.2) is 28.7 Å². The predicted octanol–water partition coefficient (Wildman–Crippen LogP) is 0.780. The van der Waals surface area contributed by atoms with Gasteiger partial charge in [0.2, 0.25) is 0 Å². The van der Waals surface area contributed by atoms with Crippen LogP contribution in [0.5, 0.6) is 0 Å². The highest BCUT2D eigenvalue weighted by Crippen LogP contribution is 2.11. The molecule has 0 bridgehead atoms. The average Bonchev–Trinajstić information content (AvgIpc) is 2.11. The Hall–Kier alpha value is -0.420. The summed E-state index contributed by atoms with van der Waals surface area (Å²) in [5.41, 5.74) is 5.26. The van der Waals surface area contributed by atoms with Crippen LogP contribution in [0.15, 0.2) is 0 Å². The Kier molecular flexibility index (Phi) is 6.80. The molecule has 76 valence electrons. The van der Waals surface area contributed by atoms with Crippen LogP contribution in [0.3, 0.4) is 0 Å². The number of aliphatic carboxylic acids is 1. The standard InChI is InChI=1S/C8H14BrNO3/c9-5-7(11)6(8(12)13)3-1-2-4-10/h6H,1-5,10H2,(H,12,13). The molecule has 0 aromatic rings. The first kappa shape index (κ1) is 12.6. The van der Waals surface area contributed by atoms with Gasteiger partial charge in [-0.15, -0.1) is 0 Å². The summed E-state index contributed by atoms with van der Waals surface area (Å²) in [4.78, 5) is 21.7. The van der Waals surface area contributed by atoms with E-state index in [1.165, 1.54) is 0 Å². The van der Waals surface area contributed by atoms with Gasteiger partial charge in [-0.25, -0.2) is 0 Å². The molecular formula is C8H14BrNO3. The number of Topliss-reactive ketones (excluding diaryl/α,β-unsaturated/α-hetero) is 1. The number of carboxylic acids is 1. The molecule has 0 spiro atoms. The summed E-state index contributed by atoms with van der Waals surface area (Å²) in [6, 6.07) is 0. The van der Waals surface area contributed by atoms with E-state index in [9.17, 15) is 9.59 Å². The SMILES string of the molecule is NCCCCC(C(=O)O)C(=O)CBr. The third kappa shape index (κ3) is 5.00. The molecule has 0 aromatic carbocycles. The molecule has 5 heteroatoms. The Labute approximate surface area is 85.6 Å². The summed E-state index contributed by atoms with van der Waals surface area (Å²) < 4.78 is 0. The van der Waals surface area contributed by atoms with E-state index in [1.54, 1.807) is 0 Å². The van der Waals surface area contributed by atoms with Crippen molar-refractivity contribution in [3.63, 3.8) is 0 Å². The fourth-order valence-electron chi connectivity index (χ4n) is 1.01. The first-order valence-corrected chi connectivity index (χ1v) is 5.27. The second-order valence-corrected chi connectivity index (χ2v) is 3.34. The van der Waals surface area contributed by atoms with Gasteiger partial charge in [0.1, 0.15) is 5.92 Å². The fraction of sp³-hybridized carbons (Fsp3) is 0.750. The van der Waals surface area contributed by atoms with Crippen molar-refractivity contribution in [2.75, 3.05) is 11.9 Å². The monoisotopic (exact) mass is 251 g/mol. The van der Waals surface area contributed by atoms with Crippen molar-refractivity contribution in [1.29, 1.82) is 0 Å². The smallest absolute Gasteiger partial charge is 0.314 e. The maximum absolute atomic E-state index is 11.1. The molecule has 0 aliphatic rings. The second kappa shape index (κ2) is 7.03. The molecule has 0 aromatic heterocycles. The van der Waals surface area contributed by atoms with Gasteiger partial charge in [0.05, 0.1) is 5.33 Å². The lowest BCUT2D eigenvalue weighted by atomic mass is 9.98. The van der Waals surface area contributed by atoms with Crippen LogP contribution >= 0.6 is 15.9 Å². The van der Waals surface area contributed by atoms with Crippen LogP contribution in [0.1, 0.15) is 19.3 Å². The number of carbonyl (C=O) groups excluding carboxylic acids is 1. The van der Waals surface area contributed by atoms with Gasteiger partial charge in [0, 0.05) is 0 Å². The molecule has 0 aliphatic heterocycles. The second-order valence-electron chi connectivity index (χ2n) is 2.78. The Bertz CT molecular complexity index is 184. The number of ketones is 1. The Morgan fingerprint density at radius 2 is 2.00 bits per heavy atom. The average molecular weight is 252 g/mol. The lowest BCUT2D eigenvalue weighted by Gasteiger charge is -2.08. The first-order valence-electron chi connectivity index (χ1n) is 4.15. The molecule has 0 fully saturated rings. The summed E-state index contributed by atoms with van der Waals surface area (Å²) in [5, 5.41) is 8.80. The molecule has 0 amide bonds. The van der Waals surface area contributed by atoms with Crippen molar-refractivity contribution < 1.29 is 14.7 Å². The summed E-state index contributed by atoms with van der Waals surface area (Å²) in [6.07, 6.45) is 1.84. The number of carbonyl (C=O) groups is 2. The zero-order valence-corrected chi connectivity index (χ0v) is 8.92. The third-order valence-electron chi connectivity index (χ3n) is 1.77. The minimum Gasteiger partial charge on any atom is -0.481 e. The van der Waals surface area contributed by atoms with E-state index < -0.39 is 11.9 Å². The molecule has 3 N–H and O–H groups in total. The topological polar surface area (TPSA) is 80.4 Å². The van der Waals surface area contributed by atoms with Crippen LogP contribution in [0.4, 0.5) is 0 Å². The summed E-state index contributed by atoms with van der Waals surface area (Å²) >= 11 is 2.96. The number of halogens is 1. The number of hydrogen-bond donors (Lipinski definition) is 2. The van der Waals surface area contributed by atoms with Crippen LogP contribution in [0, 0.1) is 5.92 Å². The summed E-state index contributed by atoms with van der Waals surface area (Å²) in [6.45, 7) is 0.537. The maximum Gasteiger partial charge on any atom is 0.314 e. The van der Waals surface area contributed by atoms with E-state index in [0.717, 1.165) is 6.42 Å². The third-order valence-corrected chi connectivity index (χ3v) is 2.32. The number of hydrogen-bond acceptors (Lipinski definition) is 3. The highest BCUT2D eigenvalue weighted by molar-refractivity contribution is 9.09. The van der Waals surface area contributed by atoms with E-state index in [1.807, 2.05) is 0 Å². The van der Waals surface area contributed by atoms with Crippen LogP contribution < -0.4 is 5.73 Å². The van der Waals surface area contributed by atoms with Gasteiger partial charge in [-0.05, 0) is 19.4 Å². The van der Waals surface area contributed by atoms with Crippen molar-refractivity contribution >= 4 is 27.7 Å². The minimum absolute atomic E-state index is 0.104. The van der Waals surface area contributed by atoms with Gasteiger partial charge >= 0.3 is 5.97 Å². The Morgan fingerprint density at radius 1 is 1.38 bits per heavy atom. The van der Waals surface area contributed by atoms with Crippen LogP contribution in [0.25, 0.3) is 0 Å². The summed E-state index contributed by atoms with van der Waals surface area (Å²) in [7, 11) is 0.